The number of fused-ring (bicyclic) bond motifs is 1. The van der Waals surface area contributed by atoms with Crippen molar-refractivity contribution in [2.45, 2.75) is 57.0 Å². The monoisotopic (exact) mass is 272 g/mol. The summed E-state index contributed by atoms with van der Waals surface area (Å²) >= 11 is 0. The van der Waals surface area contributed by atoms with Gasteiger partial charge >= 0.3 is 0 Å². The summed E-state index contributed by atoms with van der Waals surface area (Å²) in [6.07, 6.45) is 6.88. The van der Waals surface area contributed by atoms with E-state index < -0.39 is 0 Å². The fraction of sp³-hybridized carbons (Fsp3) is 0.667. The fourth-order valence-electron chi connectivity index (χ4n) is 4.30. The molecule has 2 nitrogen and oxygen atoms in total. The maximum absolute atomic E-state index is 6.59. The minimum Gasteiger partial charge on any atom is -0.323 e. The van der Waals surface area contributed by atoms with Crippen molar-refractivity contribution in [1.82, 2.24) is 4.90 Å². The number of rotatable bonds is 3. The quantitative estimate of drug-likeness (QED) is 0.909. The number of nitrogens with two attached hydrogens (primary N) is 1. The Hall–Kier alpha value is -0.860. The second kappa shape index (κ2) is 5.87. The Morgan fingerprint density at radius 2 is 1.80 bits per heavy atom. The molecule has 0 spiro atoms. The van der Waals surface area contributed by atoms with Gasteiger partial charge in [0.2, 0.25) is 0 Å². The zero-order chi connectivity index (χ0) is 14.1. The van der Waals surface area contributed by atoms with E-state index in [1.54, 1.807) is 0 Å². The van der Waals surface area contributed by atoms with E-state index in [4.69, 9.17) is 5.73 Å². The van der Waals surface area contributed by atoms with Crippen LogP contribution in [0.2, 0.25) is 0 Å². The molecule has 2 heteroatoms. The molecule has 2 aliphatic carbocycles. The van der Waals surface area contributed by atoms with Crippen molar-refractivity contribution in [3.05, 3.63) is 35.4 Å². The molecule has 3 atom stereocenters. The van der Waals surface area contributed by atoms with Crippen LogP contribution in [0.4, 0.5) is 0 Å². The van der Waals surface area contributed by atoms with Gasteiger partial charge in [-0.05, 0) is 49.3 Å². The molecule has 0 aromatic heterocycles. The number of nitrogens with zero attached hydrogens (tertiary/aromatic N) is 1. The molecule has 20 heavy (non-hydrogen) atoms. The molecule has 3 rings (SSSR count). The van der Waals surface area contributed by atoms with E-state index in [9.17, 15) is 0 Å². The summed E-state index contributed by atoms with van der Waals surface area (Å²) in [6.45, 7) is 3.58. The first-order chi connectivity index (χ1) is 9.66. The Morgan fingerprint density at radius 3 is 2.50 bits per heavy atom. The van der Waals surface area contributed by atoms with Crippen molar-refractivity contribution in [1.29, 1.82) is 0 Å². The number of benzene rings is 1. The van der Waals surface area contributed by atoms with Crippen molar-refractivity contribution in [3.63, 3.8) is 0 Å². The largest absolute Gasteiger partial charge is 0.323 e. The predicted octanol–water partition coefficient (Wildman–Crippen LogP) is 3.68. The van der Waals surface area contributed by atoms with E-state index in [2.05, 4.69) is 43.1 Å². The molecule has 0 bridgehead atoms. The maximum Gasteiger partial charge on any atom is 0.0456 e. The highest BCUT2D eigenvalue weighted by atomic mass is 15.1. The topological polar surface area (TPSA) is 29.3 Å². The van der Waals surface area contributed by atoms with Crippen LogP contribution in [0.3, 0.4) is 0 Å². The Kier molecular flexibility index (Phi) is 4.13. The molecule has 0 amide bonds. The van der Waals surface area contributed by atoms with Gasteiger partial charge < -0.3 is 10.6 Å². The van der Waals surface area contributed by atoms with Crippen molar-refractivity contribution in [2.24, 2.45) is 11.7 Å². The summed E-state index contributed by atoms with van der Waals surface area (Å²) in [6, 6.07) is 9.43. The second-order valence-corrected chi connectivity index (χ2v) is 6.95. The summed E-state index contributed by atoms with van der Waals surface area (Å²) in [5.41, 5.74) is 9.42. The van der Waals surface area contributed by atoms with Crippen LogP contribution in [0, 0.1) is 5.92 Å². The molecule has 0 heterocycles. The van der Waals surface area contributed by atoms with Crippen molar-refractivity contribution in [3.8, 4) is 0 Å². The van der Waals surface area contributed by atoms with Crippen LogP contribution in [0.25, 0.3) is 0 Å². The van der Waals surface area contributed by atoms with Gasteiger partial charge in [-0.15, -0.1) is 0 Å². The molecule has 1 aromatic rings. The summed E-state index contributed by atoms with van der Waals surface area (Å²) in [5, 5.41) is 0. The van der Waals surface area contributed by atoms with E-state index >= 15 is 0 Å². The van der Waals surface area contributed by atoms with Gasteiger partial charge in [0.05, 0.1) is 0 Å². The summed E-state index contributed by atoms with van der Waals surface area (Å²) in [4.78, 5) is 2.55. The zero-order valence-electron chi connectivity index (χ0n) is 12.9. The van der Waals surface area contributed by atoms with Crippen LogP contribution >= 0.6 is 0 Å². The molecule has 2 aliphatic rings. The average molecular weight is 272 g/mol. The van der Waals surface area contributed by atoms with Crippen LogP contribution in [0.15, 0.2) is 24.3 Å². The maximum atomic E-state index is 6.59. The van der Waals surface area contributed by atoms with Crippen molar-refractivity contribution in [2.75, 3.05) is 13.6 Å². The van der Waals surface area contributed by atoms with Gasteiger partial charge in [0.25, 0.3) is 0 Å². The molecule has 0 saturated heterocycles. The molecule has 0 radical (unpaired) electrons. The van der Waals surface area contributed by atoms with E-state index in [0.717, 1.165) is 5.92 Å². The standard InChI is InChI=1S/C18H28N2/c1-13-11-17(20(2)12-14-7-3-4-8-14)18(19)16-10-6-5-9-15(13)16/h5-6,9-10,13-14,17-18H,3-4,7-8,11-12,19H2,1-2H3. The van der Waals surface area contributed by atoms with Crippen LogP contribution in [-0.4, -0.2) is 24.5 Å². The van der Waals surface area contributed by atoms with Crippen molar-refractivity contribution < 1.29 is 0 Å². The lowest BCUT2D eigenvalue weighted by atomic mass is 9.77. The Balaban J connectivity index is 1.74. The van der Waals surface area contributed by atoms with Crippen LogP contribution in [0.5, 0.6) is 0 Å². The number of likely N-dealkylation sites (N-methyl/N-ethyl adjacent to an activating group) is 1. The Labute approximate surface area is 123 Å². The molecule has 1 fully saturated rings. The van der Waals surface area contributed by atoms with Gasteiger partial charge in [-0.2, -0.15) is 0 Å². The third-order valence-corrected chi connectivity index (χ3v) is 5.48. The van der Waals surface area contributed by atoms with Crippen LogP contribution in [0.1, 0.15) is 62.1 Å². The lowest BCUT2D eigenvalue weighted by Crippen LogP contribution is -2.45. The highest BCUT2D eigenvalue weighted by Gasteiger charge is 2.33. The number of hydrogen-bond donors (Lipinski definition) is 1. The van der Waals surface area contributed by atoms with Gasteiger partial charge in [0.15, 0.2) is 0 Å². The highest BCUT2D eigenvalue weighted by molar-refractivity contribution is 5.36. The third-order valence-electron chi connectivity index (χ3n) is 5.48. The van der Waals surface area contributed by atoms with Crippen LogP contribution in [-0.2, 0) is 0 Å². The fourth-order valence-corrected chi connectivity index (χ4v) is 4.30. The molecular weight excluding hydrogens is 244 g/mol. The first-order valence-electron chi connectivity index (χ1n) is 8.21. The minimum atomic E-state index is 0.175. The molecule has 0 aliphatic heterocycles. The van der Waals surface area contributed by atoms with Crippen LogP contribution < -0.4 is 5.73 Å². The van der Waals surface area contributed by atoms with Gasteiger partial charge in [0, 0.05) is 18.6 Å². The lowest BCUT2D eigenvalue weighted by molar-refractivity contribution is 0.158. The Bertz CT molecular complexity index is 450. The predicted molar refractivity (Wildman–Crippen MR) is 84.8 cm³/mol. The van der Waals surface area contributed by atoms with Crippen molar-refractivity contribution >= 4 is 0 Å². The van der Waals surface area contributed by atoms with Gasteiger partial charge in [-0.25, -0.2) is 0 Å². The van der Waals surface area contributed by atoms with E-state index in [-0.39, 0.29) is 6.04 Å². The molecule has 2 N–H and O–H groups in total. The van der Waals surface area contributed by atoms with Gasteiger partial charge in [-0.3, -0.25) is 0 Å². The number of hydrogen-bond acceptors (Lipinski definition) is 2. The molecule has 1 aromatic carbocycles. The summed E-state index contributed by atoms with van der Waals surface area (Å²) in [7, 11) is 2.28. The Morgan fingerprint density at radius 1 is 1.15 bits per heavy atom. The third kappa shape index (κ3) is 2.64. The summed E-state index contributed by atoms with van der Waals surface area (Å²) < 4.78 is 0. The highest BCUT2D eigenvalue weighted by Crippen LogP contribution is 2.38. The normalized spacial score (nSPS) is 30.7. The first kappa shape index (κ1) is 14.1. The summed E-state index contributed by atoms with van der Waals surface area (Å²) in [5.74, 6) is 1.53. The second-order valence-electron chi connectivity index (χ2n) is 6.95. The average Bonchev–Trinajstić information content (AvgIpc) is 2.95. The smallest absolute Gasteiger partial charge is 0.0456 e. The minimum absolute atomic E-state index is 0.175. The molecule has 110 valence electrons. The lowest BCUT2D eigenvalue weighted by Gasteiger charge is -2.41. The van der Waals surface area contributed by atoms with E-state index in [0.29, 0.717) is 12.0 Å². The van der Waals surface area contributed by atoms with Gasteiger partial charge in [-0.1, -0.05) is 44.0 Å². The van der Waals surface area contributed by atoms with E-state index in [1.807, 2.05) is 0 Å². The molecule has 3 unspecified atom stereocenters. The molecular formula is C18H28N2. The first-order valence-corrected chi connectivity index (χ1v) is 8.21. The molecule has 1 saturated carbocycles. The van der Waals surface area contributed by atoms with E-state index in [1.165, 1.54) is 49.8 Å². The van der Waals surface area contributed by atoms with Gasteiger partial charge in [0.1, 0.15) is 0 Å². The SMILES string of the molecule is CC1CC(N(C)CC2CCCC2)C(N)c2ccccc21. The zero-order valence-corrected chi connectivity index (χ0v) is 12.9.